The fourth-order valence-electron chi connectivity index (χ4n) is 4.98. The van der Waals surface area contributed by atoms with Crippen LogP contribution < -0.4 is 9.47 Å². The van der Waals surface area contributed by atoms with Crippen LogP contribution in [0.2, 0.25) is 0 Å². The first-order chi connectivity index (χ1) is 12.7. The average molecular weight is 359 g/mol. The van der Waals surface area contributed by atoms with Crippen LogP contribution in [0.4, 0.5) is 0 Å². The molecule has 3 aliphatic heterocycles. The maximum atomic E-state index is 5.66. The standard InChI is InChI=1S/C22H34N2O2/c1-3-26-21-10-8-18(11-22(21)25-2)12-23-13-19-7-9-20(16-23)24(15-19)14-17-5-4-6-17/h8,10-11,17,19-20H,3-7,9,12-16H2,1-2H3/t19-,20+/m1/s1. The fourth-order valence-corrected chi connectivity index (χ4v) is 4.98. The van der Waals surface area contributed by atoms with Gasteiger partial charge in [-0.15, -0.1) is 0 Å². The lowest BCUT2D eigenvalue weighted by Gasteiger charge is -2.40. The van der Waals surface area contributed by atoms with E-state index in [4.69, 9.17) is 9.47 Å². The third-order valence-electron chi connectivity index (χ3n) is 6.55. The second kappa shape index (κ2) is 8.18. The van der Waals surface area contributed by atoms with Crippen molar-refractivity contribution in [1.82, 2.24) is 9.80 Å². The Balaban J connectivity index is 1.41. The van der Waals surface area contributed by atoms with Gasteiger partial charge >= 0.3 is 0 Å². The Morgan fingerprint density at radius 2 is 1.92 bits per heavy atom. The molecule has 144 valence electrons. The predicted molar refractivity (Wildman–Crippen MR) is 105 cm³/mol. The summed E-state index contributed by atoms with van der Waals surface area (Å²) in [5, 5.41) is 0. The topological polar surface area (TPSA) is 24.9 Å². The number of fused-ring (bicyclic) bond motifs is 4. The van der Waals surface area contributed by atoms with Crippen LogP contribution in [0.25, 0.3) is 0 Å². The Morgan fingerprint density at radius 1 is 1.04 bits per heavy atom. The predicted octanol–water partition coefficient (Wildman–Crippen LogP) is 3.79. The Labute approximate surface area is 158 Å². The molecule has 1 aliphatic carbocycles. The molecule has 2 atom stereocenters. The number of hydrogen-bond donors (Lipinski definition) is 0. The summed E-state index contributed by atoms with van der Waals surface area (Å²) >= 11 is 0. The Hall–Kier alpha value is -1.26. The molecule has 0 radical (unpaired) electrons. The summed E-state index contributed by atoms with van der Waals surface area (Å²) in [7, 11) is 1.73. The van der Waals surface area contributed by atoms with Gasteiger partial charge in [0.15, 0.2) is 11.5 Å². The van der Waals surface area contributed by atoms with Crippen LogP contribution in [0.3, 0.4) is 0 Å². The lowest BCUT2D eigenvalue weighted by molar-refractivity contribution is 0.0891. The van der Waals surface area contributed by atoms with E-state index in [0.29, 0.717) is 6.61 Å². The van der Waals surface area contributed by atoms with Crippen LogP contribution in [0, 0.1) is 11.8 Å². The van der Waals surface area contributed by atoms with Gasteiger partial charge in [-0.25, -0.2) is 0 Å². The summed E-state index contributed by atoms with van der Waals surface area (Å²) in [5.41, 5.74) is 1.33. The molecule has 0 spiro atoms. The number of methoxy groups -OCH3 is 1. The van der Waals surface area contributed by atoms with Gasteiger partial charge in [-0.1, -0.05) is 12.5 Å². The lowest BCUT2D eigenvalue weighted by Crippen LogP contribution is -2.46. The number of benzene rings is 1. The van der Waals surface area contributed by atoms with E-state index in [9.17, 15) is 0 Å². The molecular formula is C22H34N2O2. The van der Waals surface area contributed by atoms with Crippen LogP contribution in [0.15, 0.2) is 18.2 Å². The summed E-state index contributed by atoms with van der Waals surface area (Å²) < 4.78 is 11.2. The van der Waals surface area contributed by atoms with Crippen molar-refractivity contribution in [2.24, 2.45) is 11.8 Å². The second-order valence-electron chi connectivity index (χ2n) is 8.46. The van der Waals surface area contributed by atoms with E-state index in [0.717, 1.165) is 35.9 Å². The third kappa shape index (κ3) is 4.01. The van der Waals surface area contributed by atoms with Crippen molar-refractivity contribution in [3.05, 3.63) is 23.8 Å². The number of nitrogens with zero attached hydrogens (tertiary/aromatic N) is 2. The van der Waals surface area contributed by atoms with E-state index in [-0.39, 0.29) is 0 Å². The van der Waals surface area contributed by atoms with Crippen LogP contribution in [-0.4, -0.2) is 55.7 Å². The smallest absolute Gasteiger partial charge is 0.161 e. The highest BCUT2D eigenvalue weighted by Gasteiger charge is 2.36. The van der Waals surface area contributed by atoms with Crippen molar-refractivity contribution in [2.45, 2.75) is 51.6 Å². The van der Waals surface area contributed by atoms with Gasteiger partial charge in [0.05, 0.1) is 13.7 Å². The molecule has 4 nitrogen and oxygen atoms in total. The zero-order valence-corrected chi connectivity index (χ0v) is 16.5. The first-order valence-electron chi connectivity index (χ1n) is 10.5. The van der Waals surface area contributed by atoms with Crippen molar-refractivity contribution in [3.8, 4) is 11.5 Å². The molecule has 5 rings (SSSR count). The summed E-state index contributed by atoms with van der Waals surface area (Å²) in [6.07, 6.45) is 7.18. The summed E-state index contributed by atoms with van der Waals surface area (Å²) in [6.45, 7) is 8.84. The highest BCUT2D eigenvalue weighted by molar-refractivity contribution is 5.43. The van der Waals surface area contributed by atoms with Crippen molar-refractivity contribution >= 4 is 0 Å². The Kier molecular flexibility index (Phi) is 5.70. The van der Waals surface area contributed by atoms with Gasteiger partial charge in [-0.2, -0.15) is 0 Å². The van der Waals surface area contributed by atoms with Crippen molar-refractivity contribution in [3.63, 3.8) is 0 Å². The average Bonchev–Trinajstić information content (AvgIpc) is 2.90. The molecule has 3 heterocycles. The molecule has 3 saturated heterocycles. The zero-order chi connectivity index (χ0) is 17.9. The molecule has 4 heteroatoms. The number of ether oxygens (including phenoxy) is 2. The zero-order valence-electron chi connectivity index (χ0n) is 16.5. The van der Waals surface area contributed by atoms with Gasteiger partial charge < -0.3 is 9.47 Å². The van der Waals surface area contributed by atoms with Crippen molar-refractivity contribution in [2.75, 3.05) is 39.9 Å². The maximum absolute atomic E-state index is 5.66. The van der Waals surface area contributed by atoms with E-state index in [1.165, 1.54) is 63.8 Å². The van der Waals surface area contributed by atoms with Crippen LogP contribution in [0.5, 0.6) is 11.5 Å². The molecule has 2 bridgehead atoms. The molecule has 0 aromatic heterocycles. The molecule has 0 N–H and O–H groups in total. The fraction of sp³-hybridized carbons (Fsp3) is 0.727. The van der Waals surface area contributed by atoms with E-state index in [1.54, 1.807) is 7.11 Å². The number of rotatable bonds is 7. The first-order valence-corrected chi connectivity index (χ1v) is 10.5. The number of piperidine rings is 1. The quantitative estimate of drug-likeness (QED) is 0.740. The molecule has 4 aliphatic rings. The largest absolute Gasteiger partial charge is 0.493 e. The van der Waals surface area contributed by atoms with Gasteiger partial charge in [0, 0.05) is 38.8 Å². The van der Waals surface area contributed by atoms with Crippen LogP contribution >= 0.6 is 0 Å². The molecule has 4 fully saturated rings. The van der Waals surface area contributed by atoms with Crippen molar-refractivity contribution < 1.29 is 9.47 Å². The second-order valence-corrected chi connectivity index (χ2v) is 8.46. The molecule has 1 aromatic rings. The van der Waals surface area contributed by atoms with E-state index < -0.39 is 0 Å². The molecule has 0 unspecified atom stereocenters. The Morgan fingerprint density at radius 3 is 2.65 bits per heavy atom. The van der Waals surface area contributed by atoms with Gasteiger partial charge in [-0.3, -0.25) is 9.80 Å². The van der Waals surface area contributed by atoms with Crippen LogP contribution in [-0.2, 0) is 6.54 Å². The summed E-state index contributed by atoms with van der Waals surface area (Å²) in [6, 6.07) is 7.18. The first kappa shape index (κ1) is 18.1. The van der Waals surface area contributed by atoms with E-state index in [2.05, 4.69) is 28.0 Å². The minimum absolute atomic E-state index is 0.669. The summed E-state index contributed by atoms with van der Waals surface area (Å²) in [5.74, 6) is 3.53. The molecule has 0 amide bonds. The normalized spacial score (nSPS) is 27.2. The third-order valence-corrected chi connectivity index (χ3v) is 6.55. The van der Waals surface area contributed by atoms with E-state index in [1.807, 2.05) is 6.92 Å². The SMILES string of the molecule is CCOc1ccc(CN2C[C@H]3CC[C@@H](C2)N(CC2CCC2)C3)cc1OC. The minimum atomic E-state index is 0.669. The monoisotopic (exact) mass is 358 g/mol. The molecule has 26 heavy (non-hydrogen) atoms. The molecule has 1 saturated carbocycles. The lowest BCUT2D eigenvalue weighted by atomic mass is 9.83. The maximum Gasteiger partial charge on any atom is 0.161 e. The van der Waals surface area contributed by atoms with E-state index >= 15 is 0 Å². The molecular weight excluding hydrogens is 324 g/mol. The van der Waals surface area contributed by atoms with Gasteiger partial charge in [0.2, 0.25) is 0 Å². The molecule has 1 aromatic carbocycles. The Bertz CT molecular complexity index is 602. The van der Waals surface area contributed by atoms with Gasteiger partial charge in [0.25, 0.3) is 0 Å². The van der Waals surface area contributed by atoms with Crippen LogP contribution in [0.1, 0.15) is 44.6 Å². The van der Waals surface area contributed by atoms with Gasteiger partial charge in [-0.05, 0) is 62.1 Å². The van der Waals surface area contributed by atoms with Gasteiger partial charge in [0.1, 0.15) is 0 Å². The number of hydrogen-bond acceptors (Lipinski definition) is 4. The minimum Gasteiger partial charge on any atom is -0.493 e. The van der Waals surface area contributed by atoms with Crippen molar-refractivity contribution in [1.29, 1.82) is 0 Å². The summed E-state index contributed by atoms with van der Waals surface area (Å²) in [4.78, 5) is 5.51. The highest BCUT2D eigenvalue weighted by Crippen LogP contribution is 2.34. The highest BCUT2D eigenvalue weighted by atomic mass is 16.5.